The van der Waals surface area contributed by atoms with E-state index in [9.17, 15) is 22.4 Å². The van der Waals surface area contributed by atoms with Crippen LogP contribution >= 0.6 is 0 Å². The van der Waals surface area contributed by atoms with Gasteiger partial charge in [-0.05, 0) is 17.7 Å². The Balaban J connectivity index is 2.80. The first-order chi connectivity index (χ1) is 8.77. The summed E-state index contributed by atoms with van der Waals surface area (Å²) in [4.78, 5) is 11.1. The first-order valence-corrected chi connectivity index (χ1v) is 5.06. The van der Waals surface area contributed by atoms with Crippen molar-refractivity contribution in [3.63, 3.8) is 0 Å². The van der Waals surface area contributed by atoms with E-state index in [0.29, 0.717) is 0 Å². The quantitative estimate of drug-likeness (QED) is 0.663. The van der Waals surface area contributed by atoms with Crippen LogP contribution in [0.5, 0.6) is 5.75 Å². The normalized spacial score (nSPS) is 13.2. The van der Waals surface area contributed by atoms with Gasteiger partial charge in [-0.2, -0.15) is 17.6 Å². The number of carbonyl (C=O) groups is 1. The number of rotatable bonds is 5. The molecule has 0 aliphatic rings. The molecule has 0 aliphatic heterocycles. The first-order valence-electron chi connectivity index (χ1n) is 5.06. The summed E-state index contributed by atoms with van der Waals surface area (Å²) < 4.78 is 57.2. The van der Waals surface area contributed by atoms with Gasteiger partial charge in [0.2, 0.25) is 0 Å². The summed E-state index contributed by atoms with van der Waals surface area (Å²) in [7, 11) is 1.14. The predicted octanol–water partition coefficient (Wildman–Crippen LogP) is 2.10. The number of alkyl halides is 4. The second-order valence-electron chi connectivity index (χ2n) is 3.53. The minimum absolute atomic E-state index is 0.277. The maximum absolute atomic E-state index is 12.6. The lowest BCUT2D eigenvalue weighted by atomic mass is 10.1. The van der Waals surface area contributed by atoms with Gasteiger partial charge < -0.3 is 15.2 Å². The summed E-state index contributed by atoms with van der Waals surface area (Å²) >= 11 is 0. The van der Waals surface area contributed by atoms with Crippen LogP contribution in [-0.2, 0) is 9.53 Å². The summed E-state index contributed by atoms with van der Waals surface area (Å²) in [5, 5.41) is 0. The number of hydrogen-bond donors (Lipinski definition) is 1. The van der Waals surface area contributed by atoms with Gasteiger partial charge in [-0.25, -0.2) is 0 Å². The number of ether oxygens (including phenoxy) is 2. The lowest BCUT2D eigenvalue weighted by molar-refractivity contribution is -0.253. The summed E-state index contributed by atoms with van der Waals surface area (Å²) in [6.07, 6.45) is -8.52. The third kappa shape index (κ3) is 3.82. The molecule has 106 valence electrons. The Morgan fingerprint density at radius 1 is 1.26 bits per heavy atom. The lowest BCUT2D eigenvalue weighted by Gasteiger charge is -2.17. The van der Waals surface area contributed by atoms with Crippen molar-refractivity contribution < 1.29 is 31.8 Å². The molecule has 0 amide bonds. The van der Waals surface area contributed by atoms with Gasteiger partial charge in [0.1, 0.15) is 11.8 Å². The van der Waals surface area contributed by atoms with E-state index < -0.39 is 30.3 Å². The van der Waals surface area contributed by atoms with Crippen molar-refractivity contribution in [3.8, 4) is 5.75 Å². The average Bonchev–Trinajstić information content (AvgIpc) is 2.37. The van der Waals surface area contributed by atoms with Crippen LogP contribution < -0.4 is 10.5 Å². The predicted molar refractivity (Wildman–Crippen MR) is 57.0 cm³/mol. The monoisotopic (exact) mass is 281 g/mol. The molecule has 4 nitrogen and oxygen atoms in total. The van der Waals surface area contributed by atoms with E-state index in [1.165, 1.54) is 12.1 Å². The lowest BCUT2D eigenvalue weighted by Crippen LogP contribution is -2.33. The topological polar surface area (TPSA) is 61.5 Å². The van der Waals surface area contributed by atoms with E-state index in [0.717, 1.165) is 19.2 Å². The third-order valence-electron chi connectivity index (χ3n) is 2.20. The smallest absolute Gasteiger partial charge is 0.461 e. The van der Waals surface area contributed by atoms with Crippen molar-refractivity contribution in [3.05, 3.63) is 29.8 Å². The van der Waals surface area contributed by atoms with Gasteiger partial charge in [0, 0.05) is 0 Å². The molecule has 0 aromatic heterocycles. The van der Waals surface area contributed by atoms with E-state index in [2.05, 4.69) is 9.47 Å². The van der Waals surface area contributed by atoms with Crippen molar-refractivity contribution in [1.82, 2.24) is 0 Å². The highest BCUT2D eigenvalue weighted by molar-refractivity contribution is 5.77. The Morgan fingerprint density at radius 3 is 2.21 bits per heavy atom. The zero-order chi connectivity index (χ0) is 14.6. The van der Waals surface area contributed by atoms with E-state index in [-0.39, 0.29) is 5.56 Å². The number of carbonyl (C=O) groups excluding carboxylic acids is 1. The summed E-state index contributed by atoms with van der Waals surface area (Å²) in [5.74, 6) is -1.18. The summed E-state index contributed by atoms with van der Waals surface area (Å²) in [5.41, 5.74) is 5.77. The molecule has 0 unspecified atom stereocenters. The van der Waals surface area contributed by atoms with Crippen LogP contribution in [0.25, 0.3) is 0 Å². The maximum Gasteiger partial charge on any atom is 0.461 e. The standard InChI is InChI=1S/C11H11F4NO3/c1-18-9(17)8(16)6-2-4-7(5-3-6)19-11(14,15)10(12)13/h2-5,8,10H,16H2,1H3/t8-/m0/s1. The highest BCUT2D eigenvalue weighted by Crippen LogP contribution is 2.28. The molecule has 0 aliphatic carbocycles. The van der Waals surface area contributed by atoms with Gasteiger partial charge in [-0.15, -0.1) is 0 Å². The number of nitrogens with two attached hydrogens (primary N) is 1. The Labute approximate surface area is 106 Å². The molecule has 0 fully saturated rings. The fourth-order valence-electron chi connectivity index (χ4n) is 1.21. The van der Waals surface area contributed by atoms with Crippen LogP contribution in [0.15, 0.2) is 24.3 Å². The first kappa shape index (κ1) is 15.2. The average molecular weight is 281 g/mol. The second-order valence-corrected chi connectivity index (χ2v) is 3.53. The Kier molecular flexibility index (Phi) is 4.71. The van der Waals surface area contributed by atoms with Crippen molar-refractivity contribution >= 4 is 5.97 Å². The van der Waals surface area contributed by atoms with Crippen LogP contribution in [0.1, 0.15) is 11.6 Å². The molecule has 0 radical (unpaired) electrons. The molecular formula is C11H11F4NO3. The maximum atomic E-state index is 12.6. The molecule has 0 bridgehead atoms. The Hall–Kier alpha value is -1.83. The Bertz CT molecular complexity index is 436. The number of hydrogen-bond acceptors (Lipinski definition) is 4. The highest BCUT2D eigenvalue weighted by Gasteiger charge is 2.43. The largest absolute Gasteiger partial charge is 0.468 e. The minimum Gasteiger partial charge on any atom is -0.468 e. The minimum atomic E-state index is -4.58. The summed E-state index contributed by atoms with van der Waals surface area (Å²) in [6.45, 7) is 0. The van der Waals surface area contributed by atoms with Crippen LogP contribution in [0.4, 0.5) is 17.6 Å². The third-order valence-corrected chi connectivity index (χ3v) is 2.20. The van der Waals surface area contributed by atoms with Gasteiger partial charge in [0.05, 0.1) is 7.11 Å². The number of halogens is 4. The van der Waals surface area contributed by atoms with Crippen molar-refractivity contribution in [2.75, 3.05) is 7.11 Å². The molecule has 1 rings (SSSR count). The summed E-state index contributed by atoms with van der Waals surface area (Å²) in [6, 6.07) is 3.34. The SMILES string of the molecule is COC(=O)[C@@H](N)c1ccc(OC(F)(F)C(F)F)cc1. The van der Waals surface area contributed by atoms with Crippen molar-refractivity contribution in [2.24, 2.45) is 5.73 Å². The molecule has 0 spiro atoms. The molecular weight excluding hydrogens is 270 g/mol. The number of benzene rings is 1. The zero-order valence-corrected chi connectivity index (χ0v) is 9.78. The number of methoxy groups -OCH3 is 1. The number of esters is 1. The van der Waals surface area contributed by atoms with Crippen LogP contribution in [0.2, 0.25) is 0 Å². The van der Waals surface area contributed by atoms with Gasteiger partial charge in [-0.1, -0.05) is 12.1 Å². The zero-order valence-electron chi connectivity index (χ0n) is 9.78. The Morgan fingerprint density at radius 2 is 1.79 bits per heavy atom. The van der Waals surface area contributed by atoms with Crippen molar-refractivity contribution in [1.29, 1.82) is 0 Å². The van der Waals surface area contributed by atoms with Gasteiger partial charge in [0.25, 0.3) is 0 Å². The fraction of sp³-hybridized carbons (Fsp3) is 0.364. The molecule has 0 heterocycles. The van der Waals surface area contributed by atoms with Gasteiger partial charge >= 0.3 is 18.5 Å². The van der Waals surface area contributed by atoms with E-state index in [1.54, 1.807) is 0 Å². The van der Waals surface area contributed by atoms with E-state index in [1.807, 2.05) is 0 Å². The molecule has 8 heteroatoms. The molecule has 1 atom stereocenters. The molecule has 1 aromatic carbocycles. The second kappa shape index (κ2) is 5.87. The molecule has 1 aromatic rings. The van der Waals surface area contributed by atoms with Crippen LogP contribution in [0.3, 0.4) is 0 Å². The van der Waals surface area contributed by atoms with E-state index in [4.69, 9.17) is 5.73 Å². The van der Waals surface area contributed by atoms with Gasteiger partial charge in [-0.3, -0.25) is 4.79 Å². The van der Waals surface area contributed by atoms with Gasteiger partial charge in [0.15, 0.2) is 0 Å². The van der Waals surface area contributed by atoms with Crippen LogP contribution in [-0.4, -0.2) is 25.6 Å². The highest BCUT2D eigenvalue weighted by atomic mass is 19.3. The van der Waals surface area contributed by atoms with E-state index >= 15 is 0 Å². The fourth-order valence-corrected chi connectivity index (χ4v) is 1.21. The molecule has 2 N–H and O–H groups in total. The van der Waals surface area contributed by atoms with Crippen molar-refractivity contribution in [2.45, 2.75) is 18.6 Å². The molecule has 0 saturated heterocycles. The molecule has 19 heavy (non-hydrogen) atoms. The van der Waals surface area contributed by atoms with Crippen LogP contribution in [0, 0.1) is 0 Å². The molecule has 0 saturated carbocycles.